The lowest BCUT2D eigenvalue weighted by atomic mass is 9.98. The molecule has 1 saturated carbocycles. The normalized spacial score (nSPS) is 16.7. The number of nitrogens with zero attached hydrogens (tertiary/aromatic N) is 3. The lowest BCUT2D eigenvalue weighted by Gasteiger charge is -2.22. The molecule has 116 valence electrons. The summed E-state index contributed by atoms with van der Waals surface area (Å²) in [5, 5.41) is 16.5. The second-order valence-electron chi connectivity index (χ2n) is 5.76. The maximum absolute atomic E-state index is 12.1. The van der Waals surface area contributed by atoms with Crippen LogP contribution in [0, 0.1) is 0 Å². The number of rotatable bonds is 4. The monoisotopic (exact) mass is 296 g/mol. The van der Waals surface area contributed by atoms with E-state index in [1.165, 1.54) is 13.8 Å². The van der Waals surface area contributed by atoms with E-state index in [4.69, 9.17) is 15.6 Å². The standard InChI is InChI=1S/C13H20N4O4/c1-13(2,12(19)20)17-10(14)9(15-16-17)11(18)21-8-6-4-3-5-7-8/h8H,3-7,14H2,1-2H3,(H,19,20). The molecule has 0 amide bonds. The first-order valence-corrected chi connectivity index (χ1v) is 7.00. The Balaban J connectivity index is 2.16. The van der Waals surface area contributed by atoms with Crippen molar-refractivity contribution < 1.29 is 19.4 Å². The fourth-order valence-corrected chi connectivity index (χ4v) is 2.33. The van der Waals surface area contributed by atoms with Gasteiger partial charge in [0.2, 0.25) is 5.69 Å². The van der Waals surface area contributed by atoms with Crippen molar-refractivity contribution in [1.29, 1.82) is 0 Å². The summed E-state index contributed by atoms with van der Waals surface area (Å²) in [6.45, 7) is 2.85. The fourth-order valence-electron chi connectivity index (χ4n) is 2.33. The number of hydrogen-bond donors (Lipinski definition) is 2. The minimum Gasteiger partial charge on any atom is -0.479 e. The van der Waals surface area contributed by atoms with Gasteiger partial charge in [-0.3, -0.25) is 0 Å². The smallest absolute Gasteiger partial charge is 0.363 e. The third-order valence-electron chi connectivity index (χ3n) is 3.78. The van der Waals surface area contributed by atoms with E-state index in [1.807, 2.05) is 0 Å². The van der Waals surface area contributed by atoms with Crippen molar-refractivity contribution in [3.05, 3.63) is 5.69 Å². The Morgan fingerprint density at radius 1 is 1.33 bits per heavy atom. The van der Waals surface area contributed by atoms with Gasteiger partial charge in [0.25, 0.3) is 0 Å². The predicted octanol–water partition coefficient (Wildman–Crippen LogP) is 1.17. The van der Waals surface area contributed by atoms with Crippen LogP contribution in [0.1, 0.15) is 56.4 Å². The first-order chi connectivity index (χ1) is 9.84. The van der Waals surface area contributed by atoms with Gasteiger partial charge < -0.3 is 15.6 Å². The average Bonchev–Trinajstić information content (AvgIpc) is 2.82. The molecule has 1 aromatic heterocycles. The van der Waals surface area contributed by atoms with E-state index < -0.39 is 17.5 Å². The Morgan fingerprint density at radius 3 is 2.52 bits per heavy atom. The van der Waals surface area contributed by atoms with Crippen molar-refractivity contribution in [2.24, 2.45) is 0 Å². The van der Waals surface area contributed by atoms with Crippen LogP contribution in [0.15, 0.2) is 0 Å². The number of hydrogen-bond acceptors (Lipinski definition) is 6. The molecular formula is C13H20N4O4. The van der Waals surface area contributed by atoms with Gasteiger partial charge in [-0.25, -0.2) is 14.3 Å². The van der Waals surface area contributed by atoms with E-state index in [0.717, 1.165) is 36.8 Å². The highest BCUT2D eigenvalue weighted by Crippen LogP contribution is 2.24. The van der Waals surface area contributed by atoms with E-state index in [2.05, 4.69) is 10.3 Å². The molecule has 1 aromatic rings. The SMILES string of the molecule is CC(C)(C(=O)O)n1nnc(C(=O)OC2CCCCC2)c1N. The summed E-state index contributed by atoms with van der Waals surface area (Å²) in [5.74, 6) is -1.86. The first kappa shape index (κ1) is 15.3. The molecule has 0 atom stereocenters. The number of aromatic nitrogens is 3. The molecule has 0 saturated heterocycles. The topological polar surface area (TPSA) is 120 Å². The first-order valence-electron chi connectivity index (χ1n) is 7.00. The van der Waals surface area contributed by atoms with E-state index in [1.54, 1.807) is 0 Å². The Hall–Kier alpha value is -2.12. The predicted molar refractivity (Wildman–Crippen MR) is 73.7 cm³/mol. The van der Waals surface area contributed by atoms with Crippen molar-refractivity contribution in [1.82, 2.24) is 15.0 Å². The Kier molecular flexibility index (Phi) is 4.15. The molecule has 3 N–H and O–H groups in total. The van der Waals surface area contributed by atoms with Gasteiger partial charge in [-0.1, -0.05) is 11.6 Å². The fraction of sp³-hybridized carbons (Fsp3) is 0.692. The van der Waals surface area contributed by atoms with Crippen LogP contribution < -0.4 is 5.73 Å². The molecule has 2 rings (SSSR count). The zero-order valence-corrected chi connectivity index (χ0v) is 12.2. The lowest BCUT2D eigenvalue weighted by Crippen LogP contribution is -2.37. The summed E-state index contributed by atoms with van der Waals surface area (Å²) < 4.78 is 6.38. The molecule has 0 aromatic carbocycles. The lowest BCUT2D eigenvalue weighted by molar-refractivity contribution is -0.146. The van der Waals surface area contributed by atoms with Gasteiger partial charge in [-0.2, -0.15) is 0 Å². The summed E-state index contributed by atoms with van der Waals surface area (Å²) in [6, 6.07) is 0. The Morgan fingerprint density at radius 2 is 1.95 bits per heavy atom. The summed E-state index contributed by atoms with van der Waals surface area (Å²) >= 11 is 0. The van der Waals surface area contributed by atoms with Crippen molar-refractivity contribution >= 4 is 17.8 Å². The van der Waals surface area contributed by atoms with Gasteiger partial charge in [0.1, 0.15) is 6.10 Å². The number of nitrogen functional groups attached to an aromatic ring is 1. The molecule has 8 nitrogen and oxygen atoms in total. The average molecular weight is 296 g/mol. The molecule has 1 fully saturated rings. The maximum atomic E-state index is 12.1. The van der Waals surface area contributed by atoms with Crippen molar-refractivity contribution in [3.8, 4) is 0 Å². The van der Waals surface area contributed by atoms with Crippen LogP contribution >= 0.6 is 0 Å². The largest absolute Gasteiger partial charge is 0.479 e. The van der Waals surface area contributed by atoms with Crippen molar-refractivity contribution in [3.63, 3.8) is 0 Å². The van der Waals surface area contributed by atoms with Crippen LogP contribution in [0.25, 0.3) is 0 Å². The quantitative estimate of drug-likeness (QED) is 0.800. The van der Waals surface area contributed by atoms with Gasteiger partial charge in [-0.05, 0) is 39.5 Å². The van der Waals surface area contributed by atoms with E-state index in [0.29, 0.717) is 0 Å². The number of carboxylic acids is 1. The molecule has 0 unspecified atom stereocenters. The van der Waals surface area contributed by atoms with E-state index in [9.17, 15) is 9.59 Å². The number of carbonyl (C=O) groups excluding carboxylic acids is 1. The number of carbonyl (C=O) groups is 2. The molecule has 1 heterocycles. The number of ether oxygens (including phenoxy) is 1. The molecule has 1 aliphatic rings. The molecule has 21 heavy (non-hydrogen) atoms. The van der Waals surface area contributed by atoms with Crippen LogP contribution in [0.5, 0.6) is 0 Å². The minimum atomic E-state index is -1.39. The molecule has 8 heteroatoms. The van der Waals surface area contributed by atoms with Gasteiger partial charge >= 0.3 is 11.9 Å². The number of aliphatic carboxylic acids is 1. The highest BCUT2D eigenvalue weighted by Gasteiger charge is 2.35. The van der Waals surface area contributed by atoms with Gasteiger partial charge in [0, 0.05) is 0 Å². The number of anilines is 1. The molecule has 1 aliphatic carbocycles. The van der Waals surface area contributed by atoms with Crippen LogP contribution in [0.4, 0.5) is 5.82 Å². The number of nitrogens with two attached hydrogens (primary N) is 1. The van der Waals surface area contributed by atoms with Gasteiger partial charge in [0.15, 0.2) is 11.4 Å². The van der Waals surface area contributed by atoms with Crippen molar-refractivity contribution in [2.75, 3.05) is 5.73 Å². The second-order valence-corrected chi connectivity index (χ2v) is 5.76. The molecule has 0 radical (unpaired) electrons. The maximum Gasteiger partial charge on any atom is 0.363 e. The second kappa shape index (κ2) is 5.71. The van der Waals surface area contributed by atoms with Gasteiger partial charge in [-0.15, -0.1) is 5.10 Å². The van der Waals surface area contributed by atoms with E-state index >= 15 is 0 Å². The highest BCUT2D eigenvalue weighted by molar-refractivity contribution is 5.92. The van der Waals surface area contributed by atoms with Crippen LogP contribution in [-0.4, -0.2) is 38.1 Å². The van der Waals surface area contributed by atoms with E-state index in [-0.39, 0.29) is 17.6 Å². The molecule has 0 spiro atoms. The Bertz CT molecular complexity index is 546. The zero-order valence-electron chi connectivity index (χ0n) is 12.2. The summed E-state index contributed by atoms with van der Waals surface area (Å²) in [6.07, 6.45) is 4.77. The van der Waals surface area contributed by atoms with Crippen LogP contribution in [0.2, 0.25) is 0 Å². The third kappa shape index (κ3) is 2.98. The summed E-state index contributed by atoms with van der Waals surface area (Å²) in [4.78, 5) is 23.3. The number of carboxylic acid groups (broad SMARTS) is 1. The van der Waals surface area contributed by atoms with Gasteiger partial charge in [0.05, 0.1) is 0 Å². The zero-order chi connectivity index (χ0) is 15.6. The minimum absolute atomic E-state index is 0.0943. The highest BCUT2D eigenvalue weighted by atomic mass is 16.5. The summed E-state index contributed by atoms with van der Waals surface area (Å²) in [5.41, 5.74) is 4.29. The molecule has 0 aliphatic heterocycles. The molecule has 0 bridgehead atoms. The van der Waals surface area contributed by atoms with Crippen LogP contribution in [-0.2, 0) is 15.1 Å². The van der Waals surface area contributed by atoms with Crippen LogP contribution in [0.3, 0.4) is 0 Å². The summed E-state index contributed by atoms with van der Waals surface area (Å²) in [7, 11) is 0. The Labute approximate surface area is 122 Å². The molecular weight excluding hydrogens is 276 g/mol. The van der Waals surface area contributed by atoms with Crippen molar-refractivity contribution in [2.45, 2.75) is 57.6 Å². The third-order valence-corrected chi connectivity index (χ3v) is 3.78. The number of esters is 1.